The molecule has 0 fully saturated rings. The Morgan fingerprint density at radius 2 is 2.04 bits per heavy atom. The van der Waals surface area contributed by atoms with Crippen molar-refractivity contribution in [1.82, 2.24) is 5.32 Å². The number of halogens is 1. The van der Waals surface area contributed by atoms with Crippen LogP contribution < -0.4 is 14.8 Å². The van der Waals surface area contributed by atoms with Gasteiger partial charge in [-0.3, -0.25) is 4.79 Å². The van der Waals surface area contributed by atoms with E-state index in [9.17, 15) is 9.18 Å². The van der Waals surface area contributed by atoms with Gasteiger partial charge in [-0.15, -0.1) is 0 Å². The molecule has 0 bridgehead atoms. The predicted octanol–water partition coefficient (Wildman–Crippen LogP) is 3.74. The molecule has 1 amide bonds. The summed E-state index contributed by atoms with van der Waals surface area (Å²) in [4.78, 5) is 12.7. The lowest BCUT2D eigenvalue weighted by molar-refractivity contribution is -0.121. The van der Waals surface area contributed by atoms with Gasteiger partial charge in [0, 0.05) is 5.56 Å². The molecule has 1 aliphatic rings. The minimum Gasteiger partial charge on any atom is -0.497 e. The van der Waals surface area contributed by atoms with E-state index in [0.29, 0.717) is 23.7 Å². The first kappa shape index (κ1) is 18.8. The van der Waals surface area contributed by atoms with Gasteiger partial charge in [-0.2, -0.15) is 0 Å². The lowest BCUT2D eigenvalue weighted by Crippen LogP contribution is -2.32. The predicted molar refractivity (Wildman–Crippen MR) is 99.2 cm³/mol. The summed E-state index contributed by atoms with van der Waals surface area (Å²) in [6.07, 6.45) is 3.44. The van der Waals surface area contributed by atoms with Crippen LogP contribution in [0.2, 0.25) is 0 Å². The largest absolute Gasteiger partial charge is 0.497 e. The molecule has 5 nitrogen and oxygen atoms in total. The van der Waals surface area contributed by atoms with E-state index in [1.54, 1.807) is 31.4 Å². The Labute approximate surface area is 157 Å². The molecule has 3 rings (SSSR count). The van der Waals surface area contributed by atoms with Crippen molar-refractivity contribution < 1.29 is 23.4 Å². The third kappa shape index (κ3) is 4.39. The van der Waals surface area contributed by atoms with E-state index in [2.05, 4.69) is 5.32 Å². The number of ether oxygens (including phenoxy) is 3. The second kappa shape index (κ2) is 8.58. The van der Waals surface area contributed by atoms with Gasteiger partial charge in [-0.05, 0) is 54.8 Å². The fourth-order valence-electron chi connectivity index (χ4n) is 3.01. The summed E-state index contributed by atoms with van der Waals surface area (Å²) in [5, 5.41) is 2.94. The van der Waals surface area contributed by atoms with Gasteiger partial charge >= 0.3 is 0 Å². The van der Waals surface area contributed by atoms with Gasteiger partial charge in [0.15, 0.2) is 5.76 Å². The number of hydrogen-bond acceptors (Lipinski definition) is 4. The Bertz CT molecular complexity index is 850. The zero-order valence-electron chi connectivity index (χ0n) is 15.3. The molecular weight excluding hydrogens is 349 g/mol. The van der Waals surface area contributed by atoms with Gasteiger partial charge in [0.1, 0.15) is 17.3 Å². The number of allylic oxidation sites excluding steroid dienone is 1. The molecule has 1 heterocycles. The van der Waals surface area contributed by atoms with E-state index in [-0.39, 0.29) is 11.7 Å². The van der Waals surface area contributed by atoms with Gasteiger partial charge in [0.05, 0.1) is 26.9 Å². The fourth-order valence-corrected chi connectivity index (χ4v) is 3.01. The fraction of sp³-hybridized carbons (Fsp3) is 0.286. The Kier molecular flexibility index (Phi) is 5.96. The highest BCUT2D eigenvalue weighted by atomic mass is 19.1. The van der Waals surface area contributed by atoms with Gasteiger partial charge in [-0.25, -0.2) is 4.39 Å². The SMILES string of the molecule is COc1cccc(C(NC(=O)C2=CCCCO2)c2cc(F)ccc2OC)c1. The molecule has 0 aliphatic carbocycles. The van der Waals surface area contributed by atoms with E-state index in [1.165, 1.54) is 19.2 Å². The van der Waals surface area contributed by atoms with Crippen molar-refractivity contribution in [3.8, 4) is 11.5 Å². The molecule has 1 N–H and O–H groups in total. The smallest absolute Gasteiger partial charge is 0.286 e. The molecule has 6 heteroatoms. The monoisotopic (exact) mass is 371 g/mol. The molecule has 142 valence electrons. The maximum absolute atomic E-state index is 14.0. The highest BCUT2D eigenvalue weighted by Gasteiger charge is 2.24. The zero-order valence-corrected chi connectivity index (χ0v) is 15.3. The molecule has 0 spiro atoms. The van der Waals surface area contributed by atoms with Crippen LogP contribution in [0, 0.1) is 5.82 Å². The summed E-state index contributed by atoms with van der Waals surface area (Å²) in [6, 6.07) is 10.8. The highest BCUT2D eigenvalue weighted by Crippen LogP contribution is 2.32. The van der Waals surface area contributed by atoms with Gasteiger partial charge in [0.2, 0.25) is 0 Å². The number of benzene rings is 2. The van der Waals surface area contributed by atoms with Crippen LogP contribution >= 0.6 is 0 Å². The molecule has 0 saturated carbocycles. The van der Waals surface area contributed by atoms with Crippen LogP contribution in [0.5, 0.6) is 11.5 Å². The van der Waals surface area contributed by atoms with Crippen molar-refractivity contribution >= 4 is 5.91 Å². The number of rotatable bonds is 6. The van der Waals surface area contributed by atoms with Crippen LogP contribution in [0.1, 0.15) is 30.0 Å². The number of amides is 1. The van der Waals surface area contributed by atoms with Crippen molar-refractivity contribution in [2.24, 2.45) is 0 Å². The average molecular weight is 371 g/mol. The highest BCUT2D eigenvalue weighted by molar-refractivity contribution is 5.92. The maximum Gasteiger partial charge on any atom is 0.286 e. The normalized spacial score (nSPS) is 14.6. The Balaban J connectivity index is 2.02. The molecule has 0 saturated heterocycles. The minimum atomic E-state index is -0.635. The summed E-state index contributed by atoms with van der Waals surface area (Å²) in [6.45, 7) is 0.506. The Morgan fingerprint density at radius 3 is 2.74 bits per heavy atom. The van der Waals surface area contributed by atoms with Gasteiger partial charge < -0.3 is 19.5 Å². The minimum absolute atomic E-state index is 0.282. The van der Waals surface area contributed by atoms with E-state index in [1.807, 2.05) is 12.1 Å². The first-order valence-corrected chi connectivity index (χ1v) is 8.73. The maximum atomic E-state index is 14.0. The summed E-state index contributed by atoms with van der Waals surface area (Å²) >= 11 is 0. The number of nitrogens with one attached hydrogen (secondary N) is 1. The number of hydrogen-bond donors (Lipinski definition) is 1. The molecule has 1 unspecified atom stereocenters. The molecule has 27 heavy (non-hydrogen) atoms. The number of methoxy groups -OCH3 is 2. The van der Waals surface area contributed by atoms with Crippen LogP contribution in [-0.4, -0.2) is 26.7 Å². The second-order valence-electron chi connectivity index (χ2n) is 6.13. The number of carbonyl (C=O) groups is 1. The van der Waals surface area contributed by atoms with Crippen LogP contribution in [-0.2, 0) is 9.53 Å². The average Bonchev–Trinajstić information content (AvgIpc) is 2.72. The Hall–Kier alpha value is -3.02. The second-order valence-corrected chi connectivity index (χ2v) is 6.13. The van der Waals surface area contributed by atoms with Crippen LogP contribution in [0.15, 0.2) is 54.3 Å². The lowest BCUT2D eigenvalue weighted by Gasteiger charge is -2.24. The van der Waals surface area contributed by atoms with E-state index in [0.717, 1.165) is 18.4 Å². The standard InChI is InChI=1S/C21H22FNO4/c1-25-16-7-5-6-14(12-16)20(17-13-15(22)9-10-18(17)26-2)23-21(24)19-8-3-4-11-27-19/h5-10,12-13,20H,3-4,11H2,1-2H3,(H,23,24). The first-order valence-electron chi connectivity index (χ1n) is 8.73. The van der Waals surface area contributed by atoms with Crippen LogP contribution in [0.25, 0.3) is 0 Å². The van der Waals surface area contributed by atoms with E-state index in [4.69, 9.17) is 14.2 Å². The van der Waals surface area contributed by atoms with Crippen molar-refractivity contribution in [3.05, 3.63) is 71.2 Å². The molecule has 1 atom stereocenters. The summed E-state index contributed by atoms with van der Waals surface area (Å²) in [5.74, 6) is 0.623. The Morgan fingerprint density at radius 1 is 1.19 bits per heavy atom. The zero-order chi connectivity index (χ0) is 19.2. The summed E-state index contributed by atoms with van der Waals surface area (Å²) in [7, 11) is 3.07. The lowest BCUT2D eigenvalue weighted by atomic mass is 9.97. The quantitative estimate of drug-likeness (QED) is 0.840. The summed E-state index contributed by atoms with van der Waals surface area (Å²) in [5.41, 5.74) is 1.25. The number of carbonyl (C=O) groups excluding carboxylic acids is 1. The molecule has 1 aliphatic heterocycles. The molecule has 0 radical (unpaired) electrons. The third-order valence-electron chi connectivity index (χ3n) is 4.36. The summed E-state index contributed by atoms with van der Waals surface area (Å²) < 4.78 is 30.1. The van der Waals surface area contributed by atoms with Crippen molar-refractivity contribution in [1.29, 1.82) is 0 Å². The van der Waals surface area contributed by atoms with Crippen molar-refractivity contribution in [2.45, 2.75) is 18.9 Å². The molecule has 0 aromatic heterocycles. The molecule has 2 aromatic rings. The van der Waals surface area contributed by atoms with Gasteiger partial charge in [0.25, 0.3) is 5.91 Å². The van der Waals surface area contributed by atoms with Gasteiger partial charge in [-0.1, -0.05) is 12.1 Å². The van der Waals surface area contributed by atoms with Crippen LogP contribution in [0.3, 0.4) is 0 Å². The van der Waals surface area contributed by atoms with Crippen molar-refractivity contribution in [2.75, 3.05) is 20.8 Å². The van der Waals surface area contributed by atoms with E-state index < -0.39 is 11.9 Å². The third-order valence-corrected chi connectivity index (χ3v) is 4.36. The van der Waals surface area contributed by atoms with E-state index >= 15 is 0 Å². The topological polar surface area (TPSA) is 56.8 Å². The van der Waals surface area contributed by atoms with Crippen molar-refractivity contribution in [3.63, 3.8) is 0 Å². The molecular formula is C21H22FNO4. The van der Waals surface area contributed by atoms with Crippen LogP contribution in [0.4, 0.5) is 4.39 Å². The molecule has 2 aromatic carbocycles. The first-order chi connectivity index (χ1) is 13.1.